The van der Waals surface area contributed by atoms with Gasteiger partial charge in [-0.05, 0) is 25.3 Å². The van der Waals surface area contributed by atoms with E-state index in [9.17, 15) is 0 Å². The highest BCUT2D eigenvalue weighted by Gasteiger charge is 2.12. The zero-order valence-electron chi connectivity index (χ0n) is 10.9. The number of halogens is 1. The maximum atomic E-state index is 8.49. The van der Waals surface area contributed by atoms with Crippen molar-refractivity contribution in [2.24, 2.45) is 0 Å². The molecule has 0 saturated heterocycles. The predicted molar refractivity (Wildman–Crippen MR) is 55.8 cm³/mol. The number of aryl methyl sites for hydroxylation is 3. The van der Waals surface area contributed by atoms with Crippen molar-refractivity contribution in [1.82, 2.24) is 0 Å². The van der Waals surface area contributed by atoms with Crippen LogP contribution >= 0.6 is 0 Å². The summed E-state index contributed by atoms with van der Waals surface area (Å²) in [5.41, 5.74) is 1.32. The lowest BCUT2D eigenvalue weighted by atomic mass is 10.1. The van der Waals surface area contributed by atoms with Gasteiger partial charge in [0.05, 0.1) is 12.8 Å². The van der Waals surface area contributed by atoms with Crippen LogP contribution in [0.5, 0.6) is 0 Å². The fraction of sp³-hybridized carbons (Fsp3) is 0.583. The molecule has 0 N–H and O–H groups in total. The van der Waals surface area contributed by atoms with Gasteiger partial charge >= 0.3 is 11.5 Å². The van der Waals surface area contributed by atoms with E-state index < -0.39 is 10.2 Å². The van der Waals surface area contributed by atoms with Crippen LogP contribution in [-0.2, 0) is 12.8 Å². The van der Waals surface area contributed by atoms with E-state index in [0.29, 0.717) is 0 Å². The zero-order chi connectivity index (χ0) is 14.2. The first kappa shape index (κ1) is 17.3. The summed E-state index contributed by atoms with van der Waals surface area (Å²) >= 11 is 0. The fourth-order valence-electron chi connectivity index (χ4n) is 1.52. The molecule has 0 aliphatic rings. The summed E-state index contributed by atoms with van der Waals surface area (Å²) in [5, 5.41) is 0. The summed E-state index contributed by atoms with van der Waals surface area (Å²) in [5.74, 6) is 2.26. The van der Waals surface area contributed by atoms with Gasteiger partial charge in [-0.2, -0.15) is 0 Å². The second kappa shape index (κ2) is 8.39. The van der Waals surface area contributed by atoms with Crippen molar-refractivity contribution >= 4 is 0 Å². The van der Waals surface area contributed by atoms with E-state index in [1.807, 2.05) is 0 Å². The molecule has 5 nitrogen and oxygen atoms in total. The Morgan fingerprint density at radius 2 is 1.28 bits per heavy atom. The van der Waals surface area contributed by atoms with Crippen molar-refractivity contribution in [3.63, 3.8) is 0 Å². The van der Waals surface area contributed by atoms with Crippen LogP contribution in [-0.4, -0.2) is 0 Å². The van der Waals surface area contributed by atoms with E-state index in [-0.39, 0.29) is 0 Å². The molecule has 104 valence electrons. The minimum atomic E-state index is -4.94. The van der Waals surface area contributed by atoms with Crippen LogP contribution in [0.1, 0.15) is 43.8 Å². The largest absolute Gasteiger partial charge is 0.329 e. The third-order valence-electron chi connectivity index (χ3n) is 2.03. The third-order valence-corrected chi connectivity index (χ3v) is 2.03. The van der Waals surface area contributed by atoms with Gasteiger partial charge in [0.2, 0.25) is 0 Å². The van der Waals surface area contributed by atoms with Crippen LogP contribution < -0.4 is 18.6 Å². The first-order chi connectivity index (χ1) is 8.26. The molecular weight excluding hydrogens is 260 g/mol. The Morgan fingerprint density at radius 1 is 0.944 bits per heavy atom. The van der Waals surface area contributed by atoms with Crippen molar-refractivity contribution in [2.45, 2.75) is 46.5 Å². The Bertz CT molecular complexity index is 319. The summed E-state index contributed by atoms with van der Waals surface area (Å²) in [7, 11) is -4.94. The summed E-state index contributed by atoms with van der Waals surface area (Å²) in [4.78, 5) is 0. The average molecular weight is 279 g/mol. The lowest BCUT2D eigenvalue weighted by Gasteiger charge is -2.17. The molecule has 0 aliphatic carbocycles. The van der Waals surface area contributed by atoms with E-state index in [1.165, 1.54) is 5.56 Å². The van der Waals surface area contributed by atoms with Gasteiger partial charge in [0.1, 0.15) is 0 Å². The van der Waals surface area contributed by atoms with E-state index in [2.05, 4.69) is 32.9 Å². The van der Waals surface area contributed by atoms with Crippen LogP contribution in [0, 0.1) is 17.2 Å². The highest BCUT2D eigenvalue weighted by atomic mass is 35.7. The molecule has 0 aliphatic heterocycles. The molecule has 0 spiro atoms. The Morgan fingerprint density at radius 3 is 1.56 bits per heavy atom. The zero-order valence-corrected chi connectivity index (χ0v) is 11.7. The topological polar surface area (TPSA) is 104 Å². The quantitative estimate of drug-likeness (QED) is 0.658. The fourth-order valence-corrected chi connectivity index (χ4v) is 1.52. The van der Waals surface area contributed by atoms with E-state index in [0.717, 1.165) is 37.2 Å². The minimum absolute atomic E-state index is 1.05. The Hall–Kier alpha value is -0.720. The van der Waals surface area contributed by atoms with Gasteiger partial charge in [-0.3, -0.25) is 0 Å². The molecular formula is C12H19ClO5. The third kappa shape index (κ3) is 10.4. The SMILES string of the molecule is CCCc1cc(C)cc(CCC)[o+]1.[O-][Cl+3]([O-])([O-])[O-]. The van der Waals surface area contributed by atoms with Crippen LogP contribution in [0.2, 0.25) is 0 Å². The Kier molecular flexibility index (Phi) is 8.06. The van der Waals surface area contributed by atoms with E-state index in [4.69, 9.17) is 23.1 Å². The molecule has 0 atom stereocenters. The number of hydrogen-bond acceptors (Lipinski definition) is 4. The predicted octanol–water partition coefficient (Wildman–Crippen LogP) is -0.982. The molecule has 0 bridgehead atoms. The van der Waals surface area contributed by atoms with Crippen molar-refractivity contribution in [2.75, 3.05) is 0 Å². The molecule has 0 fully saturated rings. The first-order valence-corrected chi connectivity index (χ1v) is 7.04. The van der Waals surface area contributed by atoms with E-state index in [1.54, 1.807) is 0 Å². The minimum Gasteiger partial charge on any atom is -0.222 e. The lowest BCUT2D eigenvalue weighted by molar-refractivity contribution is -2.00. The Labute approximate surface area is 109 Å². The maximum absolute atomic E-state index is 8.49. The van der Waals surface area contributed by atoms with Crippen molar-refractivity contribution in [3.8, 4) is 0 Å². The summed E-state index contributed by atoms with van der Waals surface area (Å²) in [6.07, 6.45) is 4.41. The summed E-state index contributed by atoms with van der Waals surface area (Å²) in [6, 6.07) is 4.28. The molecule has 1 aromatic heterocycles. The van der Waals surface area contributed by atoms with Gasteiger partial charge < -0.3 is 0 Å². The second-order valence-corrected chi connectivity index (χ2v) is 4.70. The summed E-state index contributed by atoms with van der Waals surface area (Å²) < 4.78 is 39.7. The molecule has 0 aromatic carbocycles. The standard InChI is InChI=1S/C12H19O.ClHO4/c1-4-6-11-8-10(3)9-12(13-11)7-5-2;2-1(3,4)5/h8-9H,4-7H2,1-3H3;(H,2,3,4,5)/q+1;/p-1. The normalized spacial score (nSPS) is 10.8. The van der Waals surface area contributed by atoms with Gasteiger partial charge in [-0.25, -0.2) is 23.1 Å². The number of rotatable bonds is 4. The molecule has 6 heteroatoms. The van der Waals surface area contributed by atoms with Crippen molar-refractivity contribution < 1.29 is 33.3 Å². The van der Waals surface area contributed by atoms with Crippen molar-refractivity contribution in [3.05, 3.63) is 29.2 Å². The van der Waals surface area contributed by atoms with Crippen LogP contribution in [0.15, 0.2) is 16.5 Å². The molecule has 18 heavy (non-hydrogen) atoms. The monoisotopic (exact) mass is 278 g/mol. The Balaban J connectivity index is 0.000000494. The van der Waals surface area contributed by atoms with E-state index >= 15 is 0 Å². The van der Waals surface area contributed by atoms with Crippen LogP contribution in [0.3, 0.4) is 0 Å². The maximum Gasteiger partial charge on any atom is 0.329 e. The highest BCUT2D eigenvalue weighted by Crippen LogP contribution is 2.12. The number of hydrogen-bond donors (Lipinski definition) is 0. The van der Waals surface area contributed by atoms with Crippen molar-refractivity contribution in [1.29, 1.82) is 0 Å². The van der Waals surface area contributed by atoms with Crippen LogP contribution in [0.25, 0.3) is 0 Å². The van der Waals surface area contributed by atoms with Gasteiger partial charge in [-0.15, -0.1) is 10.2 Å². The first-order valence-electron chi connectivity index (χ1n) is 5.80. The lowest BCUT2D eigenvalue weighted by Crippen LogP contribution is -2.68. The molecule has 1 rings (SSSR count). The smallest absolute Gasteiger partial charge is 0.222 e. The average Bonchev–Trinajstić information content (AvgIpc) is 2.14. The molecule has 1 aromatic rings. The highest BCUT2D eigenvalue weighted by molar-refractivity contribution is 5.16. The second-order valence-electron chi connectivity index (χ2n) is 3.95. The van der Waals surface area contributed by atoms with Crippen LogP contribution in [0.4, 0.5) is 0 Å². The molecule has 0 amide bonds. The molecule has 0 radical (unpaired) electrons. The molecule has 0 saturated carbocycles. The summed E-state index contributed by atoms with van der Waals surface area (Å²) in [6.45, 7) is 6.49. The molecule has 1 heterocycles. The molecule has 0 unspecified atom stereocenters. The van der Waals surface area contributed by atoms with Gasteiger partial charge in [0, 0.05) is 12.1 Å². The van der Waals surface area contributed by atoms with Gasteiger partial charge in [0.15, 0.2) is 0 Å². The van der Waals surface area contributed by atoms with Gasteiger partial charge in [0.25, 0.3) is 0 Å². The van der Waals surface area contributed by atoms with Gasteiger partial charge in [-0.1, -0.05) is 13.8 Å².